The van der Waals surface area contributed by atoms with Crippen molar-refractivity contribution in [3.8, 4) is 11.1 Å². The summed E-state index contributed by atoms with van der Waals surface area (Å²) in [4.78, 5) is 26.6. The third kappa shape index (κ3) is 4.18. The Morgan fingerprint density at radius 2 is 1.67 bits per heavy atom. The van der Waals surface area contributed by atoms with Gasteiger partial charge in [-0.3, -0.25) is 4.79 Å². The minimum absolute atomic E-state index is 0.0960. The van der Waals surface area contributed by atoms with Crippen molar-refractivity contribution in [2.75, 3.05) is 26.8 Å². The SMILES string of the molecule is COCC1CN(C(=O)c2ccccc2-c2ccccc2C(=O)O)CC(C)O1. The van der Waals surface area contributed by atoms with Crippen molar-refractivity contribution in [3.05, 3.63) is 59.7 Å². The number of nitrogens with zero attached hydrogens (tertiary/aromatic N) is 1. The maximum atomic E-state index is 13.3. The van der Waals surface area contributed by atoms with Crippen molar-refractivity contribution < 1.29 is 24.2 Å². The number of carbonyl (C=O) groups excluding carboxylic acids is 1. The van der Waals surface area contributed by atoms with E-state index in [-0.39, 0.29) is 23.7 Å². The van der Waals surface area contributed by atoms with Crippen LogP contribution < -0.4 is 0 Å². The normalized spacial score (nSPS) is 19.7. The van der Waals surface area contributed by atoms with Crippen LogP contribution in [0.15, 0.2) is 48.5 Å². The third-order valence-corrected chi connectivity index (χ3v) is 4.57. The number of carboxylic acid groups (broad SMARTS) is 1. The molecule has 3 rings (SSSR count). The van der Waals surface area contributed by atoms with Crippen molar-refractivity contribution in [1.82, 2.24) is 4.90 Å². The lowest BCUT2D eigenvalue weighted by atomic mass is 9.94. The van der Waals surface area contributed by atoms with Gasteiger partial charge in [-0.1, -0.05) is 36.4 Å². The molecule has 0 saturated carbocycles. The zero-order valence-corrected chi connectivity index (χ0v) is 15.4. The molecule has 1 aliphatic heterocycles. The van der Waals surface area contributed by atoms with Crippen LogP contribution in [0.25, 0.3) is 11.1 Å². The third-order valence-electron chi connectivity index (χ3n) is 4.57. The molecule has 142 valence electrons. The van der Waals surface area contributed by atoms with Crippen molar-refractivity contribution in [2.45, 2.75) is 19.1 Å². The number of hydrogen-bond donors (Lipinski definition) is 1. The first-order valence-corrected chi connectivity index (χ1v) is 8.86. The number of carbonyl (C=O) groups is 2. The van der Waals surface area contributed by atoms with Crippen LogP contribution in [0.1, 0.15) is 27.6 Å². The molecule has 0 radical (unpaired) electrons. The van der Waals surface area contributed by atoms with E-state index in [1.807, 2.05) is 6.92 Å². The summed E-state index contributed by atoms with van der Waals surface area (Å²) in [6.45, 7) is 3.26. The van der Waals surface area contributed by atoms with Gasteiger partial charge in [-0.25, -0.2) is 4.79 Å². The van der Waals surface area contributed by atoms with E-state index in [2.05, 4.69) is 0 Å². The van der Waals surface area contributed by atoms with Crippen LogP contribution >= 0.6 is 0 Å². The van der Waals surface area contributed by atoms with E-state index in [4.69, 9.17) is 9.47 Å². The lowest BCUT2D eigenvalue weighted by Crippen LogP contribution is -2.50. The highest BCUT2D eigenvalue weighted by molar-refractivity contribution is 6.04. The van der Waals surface area contributed by atoms with Crippen LogP contribution in [-0.4, -0.2) is 60.9 Å². The fourth-order valence-electron chi connectivity index (χ4n) is 3.47. The van der Waals surface area contributed by atoms with E-state index in [9.17, 15) is 14.7 Å². The molecule has 6 heteroatoms. The zero-order valence-electron chi connectivity index (χ0n) is 15.4. The number of aromatic carboxylic acids is 1. The molecule has 2 aromatic rings. The molecule has 6 nitrogen and oxygen atoms in total. The molecule has 0 aliphatic carbocycles. The van der Waals surface area contributed by atoms with Gasteiger partial charge in [0.15, 0.2) is 0 Å². The minimum atomic E-state index is -1.02. The second kappa shape index (κ2) is 8.33. The van der Waals surface area contributed by atoms with Gasteiger partial charge < -0.3 is 19.5 Å². The number of methoxy groups -OCH3 is 1. The minimum Gasteiger partial charge on any atom is -0.478 e. The van der Waals surface area contributed by atoms with Crippen molar-refractivity contribution in [1.29, 1.82) is 0 Å². The van der Waals surface area contributed by atoms with Crippen LogP contribution in [0.4, 0.5) is 0 Å². The predicted molar refractivity (Wildman–Crippen MR) is 101 cm³/mol. The quantitative estimate of drug-likeness (QED) is 0.877. The Morgan fingerprint density at radius 1 is 1.07 bits per heavy atom. The zero-order chi connectivity index (χ0) is 19.4. The molecular formula is C21H23NO5. The summed E-state index contributed by atoms with van der Waals surface area (Å²) in [5.41, 5.74) is 1.80. The van der Waals surface area contributed by atoms with Crippen LogP contribution in [0.2, 0.25) is 0 Å². The van der Waals surface area contributed by atoms with E-state index >= 15 is 0 Å². The standard InChI is InChI=1S/C21H23NO5/c1-14-11-22(12-15(27-14)13-26-2)20(23)18-9-5-3-7-16(18)17-8-4-6-10-19(17)21(24)25/h3-10,14-15H,11-13H2,1-2H3,(H,24,25). The van der Waals surface area contributed by atoms with Crippen LogP contribution in [-0.2, 0) is 9.47 Å². The summed E-state index contributed by atoms with van der Waals surface area (Å²) >= 11 is 0. The van der Waals surface area contributed by atoms with Gasteiger partial charge >= 0.3 is 5.97 Å². The van der Waals surface area contributed by atoms with Crippen LogP contribution in [0.3, 0.4) is 0 Å². The molecule has 1 heterocycles. The molecule has 2 unspecified atom stereocenters. The first kappa shape index (κ1) is 19.1. The topological polar surface area (TPSA) is 76.1 Å². The second-order valence-electron chi connectivity index (χ2n) is 6.63. The lowest BCUT2D eigenvalue weighted by Gasteiger charge is -2.36. The highest BCUT2D eigenvalue weighted by atomic mass is 16.5. The average molecular weight is 369 g/mol. The first-order valence-electron chi connectivity index (χ1n) is 8.86. The Bertz CT molecular complexity index is 835. The van der Waals surface area contributed by atoms with E-state index in [0.717, 1.165) is 0 Å². The predicted octanol–water partition coefficient (Wildman–Crippen LogP) is 2.93. The van der Waals surface area contributed by atoms with E-state index in [0.29, 0.717) is 36.4 Å². The molecule has 1 N–H and O–H groups in total. The lowest BCUT2D eigenvalue weighted by molar-refractivity contribution is -0.0918. The Balaban J connectivity index is 1.97. The van der Waals surface area contributed by atoms with Crippen molar-refractivity contribution in [2.24, 2.45) is 0 Å². The summed E-state index contributed by atoms with van der Waals surface area (Å²) in [5.74, 6) is -1.16. The number of morpholine rings is 1. The number of rotatable bonds is 5. The highest BCUT2D eigenvalue weighted by Crippen LogP contribution is 2.29. The molecule has 0 spiro atoms. The van der Waals surface area contributed by atoms with Gasteiger partial charge in [0.05, 0.1) is 24.4 Å². The Labute approximate surface area is 158 Å². The Hall–Kier alpha value is -2.70. The molecule has 2 atom stereocenters. The summed E-state index contributed by atoms with van der Waals surface area (Å²) < 4.78 is 11.0. The van der Waals surface area contributed by atoms with Gasteiger partial charge in [-0.2, -0.15) is 0 Å². The number of carboxylic acids is 1. The van der Waals surface area contributed by atoms with Gasteiger partial charge in [0.1, 0.15) is 0 Å². The molecule has 1 aliphatic rings. The summed E-state index contributed by atoms with van der Waals surface area (Å²) in [6.07, 6.45) is -0.275. The van der Waals surface area contributed by atoms with E-state index < -0.39 is 5.97 Å². The largest absolute Gasteiger partial charge is 0.478 e. The number of amides is 1. The molecule has 1 fully saturated rings. The number of benzene rings is 2. The summed E-state index contributed by atoms with van der Waals surface area (Å²) in [6, 6.07) is 13.8. The monoisotopic (exact) mass is 369 g/mol. The van der Waals surface area contributed by atoms with Gasteiger partial charge in [0, 0.05) is 25.8 Å². The van der Waals surface area contributed by atoms with Crippen LogP contribution in [0, 0.1) is 0 Å². The molecule has 2 aromatic carbocycles. The van der Waals surface area contributed by atoms with Gasteiger partial charge in [0.2, 0.25) is 0 Å². The van der Waals surface area contributed by atoms with Crippen molar-refractivity contribution >= 4 is 11.9 Å². The second-order valence-corrected chi connectivity index (χ2v) is 6.63. The molecule has 0 aromatic heterocycles. The maximum absolute atomic E-state index is 13.3. The summed E-state index contributed by atoms with van der Waals surface area (Å²) in [7, 11) is 1.60. The van der Waals surface area contributed by atoms with Gasteiger partial charge in [0.25, 0.3) is 5.91 Å². The smallest absolute Gasteiger partial charge is 0.336 e. The fourth-order valence-corrected chi connectivity index (χ4v) is 3.47. The number of hydrogen-bond acceptors (Lipinski definition) is 4. The molecule has 0 bridgehead atoms. The maximum Gasteiger partial charge on any atom is 0.336 e. The summed E-state index contributed by atoms with van der Waals surface area (Å²) in [5, 5.41) is 9.51. The Kier molecular flexibility index (Phi) is 5.88. The van der Waals surface area contributed by atoms with E-state index in [1.165, 1.54) is 0 Å². The van der Waals surface area contributed by atoms with Gasteiger partial charge in [-0.05, 0) is 30.2 Å². The first-order chi connectivity index (χ1) is 13.0. The molecule has 27 heavy (non-hydrogen) atoms. The van der Waals surface area contributed by atoms with Crippen molar-refractivity contribution in [3.63, 3.8) is 0 Å². The fraction of sp³-hybridized carbons (Fsp3) is 0.333. The highest BCUT2D eigenvalue weighted by Gasteiger charge is 2.30. The molecule has 1 amide bonds. The average Bonchev–Trinajstić information content (AvgIpc) is 2.67. The van der Waals surface area contributed by atoms with E-state index in [1.54, 1.807) is 60.5 Å². The molecular weight excluding hydrogens is 346 g/mol. The Morgan fingerprint density at radius 3 is 2.30 bits per heavy atom. The van der Waals surface area contributed by atoms with Crippen LogP contribution in [0.5, 0.6) is 0 Å². The number of ether oxygens (including phenoxy) is 2. The molecule has 1 saturated heterocycles. The van der Waals surface area contributed by atoms with Gasteiger partial charge in [-0.15, -0.1) is 0 Å².